The fraction of sp³-hybridized carbons (Fsp3) is 0.429. The molecule has 2 aromatic carbocycles. The van der Waals surface area contributed by atoms with Crippen LogP contribution in [0.5, 0.6) is 5.75 Å². The first-order valence-electron chi connectivity index (χ1n) is 12.6. The highest BCUT2D eigenvalue weighted by atomic mass is 16.5. The Balaban J connectivity index is 1.31. The van der Waals surface area contributed by atoms with E-state index < -0.39 is 0 Å². The molecular weight excluding hydrogens is 440 g/mol. The van der Waals surface area contributed by atoms with Crippen molar-refractivity contribution in [1.82, 2.24) is 19.0 Å². The van der Waals surface area contributed by atoms with Gasteiger partial charge in [-0.2, -0.15) is 0 Å². The van der Waals surface area contributed by atoms with Gasteiger partial charge in [-0.05, 0) is 74.2 Å². The van der Waals surface area contributed by atoms with E-state index in [1.54, 1.807) is 11.7 Å². The average molecular weight is 473 g/mol. The van der Waals surface area contributed by atoms with Crippen molar-refractivity contribution < 1.29 is 9.47 Å². The van der Waals surface area contributed by atoms with Crippen molar-refractivity contribution in [3.05, 3.63) is 59.1 Å². The lowest BCUT2D eigenvalue weighted by atomic mass is 9.89. The highest BCUT2D eigenvalue weighted by molar-refractivity contribution is 6.04. The fourth-order valence-electron chi connectivity index (χ4n) is 5.53. The van der Waals surface area contributed by atoms with Gasteiger partial charge in [-0.25, -0.2) is 4.79 Å². The van der Waals surface area contributed by atoms with Gasteiger partial charge in [0.05, 0.1) is 28.9 Å². The van der Waals surface area contributed by atoms with Crippen LogP contribution in [0.15, 0.2) is 53.5 Å². The van der Waals surface area contributed by atoms with Crippen LogP contribution in [0, 0.1) is 0 Å². The number of benzene rings is 2. The van der Waals surface area contributed by atoms with Crippen molar-refractivity contribution in [2.75, 3.05) is 33.4 Å². The monoisotopic (exact) mass is 472 g/mol. The van der Waals surface area contributed by atoms with Crippen molar-refractivity contribution in [3.8, 4) is 16.9 Å². The standard InChI is InChI=1S/C28H32N4O3/c1-30-26-18-29-25-10-7-20(15-24(25)27(26)32(28(30)33)21-16-23(17-21)34-2)19-5-8-22(9-6-19)35-14-13-31-11-3-4-12-31/h5-10,15,18,21,23H,3-4,11-14,16-17H2,1-2H3/t21-,23+. The smallest absolute Gasteiger partial charge is 0.329 e. The van der Waals surface area contributed by atoms with Gasteiger partial charge in [0.15, 0.2) is 0 Å². The number of aromatic nitrogens is 3. The van der Waals surface area contributed by atoms with Gasteiger partial charge in [-0.15, -0.1) is 0 Å². The molecule has 7 nitrogen and oxygen atoms in total. The summed E-state index contributed by atoms with van der Waals surface area (Å²) in [7, 11) is 3.57. The van der Waals surface area contributed by atoms with Crippen LogP contribution in [-0.2, 0) is 11.8 Å². The molecule has 0 unspecified atom stereocenters. The summed E-state index contributed by atoms with van der Waals surface area (Å²) >= 11 is 0. The topological polar surface area (TPSA) is 61.5 Å². The zero-order valence-electron chi connectivity index (χ0n) is 20.4. The first-order chi connectivity index (χ1) is 17.1. The summed E-state index contributed by atoms with van der Waals surface area (Å²) in [4.78, 5) is 20.3. The summed E-state index contributed by atoms with van der Waals surface area (Å²) in [5, 5.41) is 1.00. The number of aryl methyl sites for hydroxylation is 1. The lowest BCUT2D eigenvalue weighted by Crippen LogP contribution is -2.37. The summed E-state index contributed by atoms with van der Waals surface area (Å²) in [5.41, 5.74) is 4.94. The minimum atomic E-state index is 0.00897. The lowest BCUT2D eigenvalue weighted by Gasteiger charge is -2.34. The average Bonchev–Trinajstić information content (AvgIpc) is 3.46. The Bertz CT molecular complexity index is 1410. The molecule has 182 valence electrons. The van der Waals surface area contributed by atoms with Crippen LogP contribution in [-0.4, -0.2) is 58.5 Å². The second-order valence-electron chi connectivity index (χ2n) is 9.84. The van der Waals surface area contributed by atoms with Crippen molar-refractivity contribution in [1.29, 1.82) is 0 Å². The minimum absolute atomic E-state index is 0.00897. The van der Waals surface area contributed by atoms with Crippen molar-refractivity contribution >= 4 is 21.9 Å². The molecule has 1 aliphatic carbocycles. The number of imidazole rings is 1. The Labute approximate surface area is 204 Å². The molecule has 1 saturated carbocycles. The van der Waals surface area contributed by atoms with Gasteiger partial charge >= 0.3 is 5.69 Å². The summed E-state index contributed by atoms with van der Waals surface area (Å²) in [5.74, 6) is 0.896. The van der Waals surface area contributed by atoms with E-state index in [-0.39, 0.29) is 17.8 Å². The predicted octanol–water partition coefficient (Wildman–Crippen LogP) is 4.38. The molecule has 0 radical (unpaired) electrons. The SMILES string of the molecule is CO[C@H]1C[C@@H](n2c(=O)n(C)c3cnc4ccc(-c5ccc(OCCN6CCCC6)cc5)cc4c32)C1. The van der Waals surface area contributed by atoms with Crippen LogP contribution in [0.3, 0.4) is 0 Å². The maximum Gasteiger partial charge on any atom is 0.329 e. The van der Waals surface area contributed by atoms with Gasteiger partial charge in [0.1, 0.15) is 12.4 Å². The number of fused-ring (bicyclic) bond motifs is 3. The number of hydrogen-bond acceptors (Lipinski definition) is 5. The van der Waals surface area contributed by atoms with E-state index >= 15 is 0 Å². The lowest BCUT2D eigenvalue weighted by molar-refractivity contribution is 0.00635. The number of hydrogen-bond donors (Lipinski definition) is 0. The molecular formula is C28H32N4O3. The van der Waals surface area contributed by atoms with E-state index in [2.05, 4.69) is 34.1 Å². The maximum absolute atomic E-state index is 13.2. The molecule has 7 heteroatoms. The van der Waals surface area contributed by atoms with Gasteiger partial charge in [0, 0.05) is 32.1 Å². The minimum Gasteiger partial charge on any atom is -0.492 e. The summed E-state index contributed by atoms with van der Waals surface area (Å²) < 4.78 is 15.1. The third kappa shape index (κ3) is 4.02. The van der Waals surface area contributed by atoms with E-state index in [0.717, 1.165) is 64.8 Å². The molecule has 6 rings (SSSR count). The van der Waals surface area contributed by atoms with E-state index in [0.29, 0.717) is 0 Å². The highest BCUT2D eigenvalue weighted by Gasteiger charge is 2.33. The highest BCUT2D eigenvalue weighted by Crippen LogP contribution is 2.37. The summed E-state index contributed by atoms with van der Waals surface area (Å²) in [6, 6.07) is 14.8. The maximum atomic E-state index is 13.2. The molecule has 0 spiro atoms. The number of nitrogens with zero attached hydrogens (tertiary/aromatic N) is 4. The molecule has 1 aliphatic heterocycles. The second-order valence-corrected chi connectivity index (χ2v) is 9.84. The second kappa shape index (κ2) is 9.13. The van der Waals surface area contributed by atoms with Crippen LogP contribution in [0.1, 0.15) is 31.7 Å². The Hall–Kier alpha value is -3.16. The molecule has 1 saturated heterocycles. The fourth-order valence-corrected chi connectivity index (χ4v) is 5.53. The molecule has 0 atom stereocenters. The Morgan fingerprint density at radius 2 is 1.77 bits per heavy atom. The Morgan fingerprint density at radius 3 is 2.51 bits per heavy atom. The zero-order chi connectivity index (χ0) is 23.9. The van der Waals surface area contributed by atoms with E-state index in [1.807, 2.05) is 36.0 Å². The normalized spacial score (nSPS) is 20.5. The molecule has 2 fully saturated rings. The number of pyridine rings is 1. The van der Waals surface area contributed by atoms with Crippen LogP contribution in [0.4, 0.5) is 0 Å². The number of methoxy groups -OCH3 is 1. The van der Waals surface area contributed by atoms with Gasteiger partial charge < -0.3 is 9.47 Å². The molecule has 4 aromatic rings. The van der Waals surface area contributed by atoms with Crippen LogP contribution in [0.25, 0.3) is 33.1 Å². The van der Waals surface area contributed by atoms with E-state index in [1.165, 1.54) is 25.9 Å². The first kappa shape index (κ1) is 22.3. The number of rotatable bonds is 7. The van der Waals surface area contributed by atoms with Crippen LogP contribution < -0.4 is 10.4 Å². The molecule has 0 amide bonds. The number of ether oxygens (including phenoxy) is 2. The third-order valence-corrected chi connectivity index (χ3v) is 7.75. The van der Waals surface area contributed by atoms with E-state index in [4.69, 9.17) is 9.47 Å². The predicted molar refractivity (Wildman–Crippen MR) is 138 cm³/mol. The van der Waals surface area contributed by atoms with Crippen molar-refractivity contribution in [2.45, 2.75) is 37.8 Å². The van der Waals surface area contributed by atoms with E-state index in [9.17, 15) is 4.79 Å². The van der Waals surface area contributed by atoms with Gasteiger partial charge in [0.2, 0.25) is 0 Å². The van der Waals surface area contributed by atoms with Crippen molar-refractivity contribution in [3.63, 3.8) is 0 Å². The third-order valence-electron chi connectivity index (χ3n) is 7.75. The molecule has 2 aliphatic rings. The van der Waals surface area contributed by atoms with Gasteiger partial charge in [-0.1, -0.05) is 18.2 Å². The Kier molecular flexibility index (Phi) is 5.82. The molecule has 2 aromatic heterocycles. The quantitative estimate of drug-likeness (QED) is 0.400. The van der Waals surface area contributed by atoms with Crippen molar-refractivity contribution in [2.24, 2.45) is 7.05 Å². The summed E-state index contributed by atoms with van der Waals surface area (Å²) in [6.07, 6.45) is 6.36. The first-order valence-corrected chi connectivity index (χ1v) is 12.6. The zero-order valence-corrected chi connectivity index (χ0v) is 20.4. The summed E-state index contributed by atoms with van der Waals surface area (Å²) in [6.45, 7) is 4.08. The van der Waals surface area contributed by atoms with Crippen LogP contribution in [0.2, 0.25) is 0 Å². The Morgan fingerprint density at radius 1 is 1.03 bits per heavy atom. The number of likely N-dealkylation sites (tertiary alicyclic amines) is 1. The molecule has 35 heavy (non-hydrogen) atoms. The van der Waals surface area contributed by atoms with Gasteiger partial charge in [0.25, 0.3) is 0 Å². The largest absolute Gasteiger partial charge is 0.492 e. The van der Waals surface area contributed by atoms with Gasteiger partial charge in [-0.3, -0.25) is 19.0 Å². The van der Waals surface area contributed by atoms with Crippen LogP contribution >= 0.6 is 0 Å². The molecule has 0 bridgehead atoms. The molecule has 0 N–H and O–H groups in total. The molecule has 3 heterocycles.